The molecule has 0 fully saturated rings. The van der Waals surface area contributed by atoms with Crippen molar-refractivity contribution < 1.29 is 25.3 Å². The number of carbonyl (C=O) groups is 2. The van der Waals surface area contributed by atoms with E-state index in [2.05, 4.69) is 5.32 Å². The number of nitrogens with two attached hydrogens (primary N) is 1. The van der Waals surface area contributed by atoms with Gasteiger partial charge in [0.15, 0.2) is 0 Å². The van der Waals surface area contributed by atoms with Gasteiger partial charge in [-0.1, -0.05) is 72.3 Å². The molecule has 4 aromatic rings. The maximum absolute atomic E-state index is 13.2. The number of hydrogen-bond acceptors (Lipinski definition) is 4. The fraction of sp³-hybridized carbons (Fsp3) is 0.172. The van der Waals surface area contributed by atoms with Crippen LogP contribution >= 0.6 is 0 Å². The predicted molar refractivity (Wildman–Crippen MR) is 136 cm³/mol. The van der Waals surface area contributed by atoms with Crippen molar-refractivity contribution in [2.45, 2.75) is 26.2 Å². The molecule has 0 saturated carbocycles. The van der Waals surface area contributed by atoms with Crippen LogP contribution in [0.4, 0.5) is 5.69 Å². The Kier molecular flexibility index (Phi) is 4.56. The Balaban J connectivity index is 1.49. The molecular weight excluding hydrogens is 424 g/mol. The number of esters is 1. The van der Waals surface area contributed by atoms with Crippen LogP contribution < -0.4 is 11.1 Å². The van der Waals surface area contributed by atoms with Crippen LogP contribution in [0.25, 0.3) is 10.8 Å². The smallest absolute Gasteiger partial charge is 0.338 e. The van der Waals surface area contributed by atoms with Crippen molar-refractivity contribution in [2.75, 3.05) is 11.8 Å². The van der Waals surface area contributed by atoms with E-state index in [9.17, 15) is 9.59 Å². The van der Waals surface area contributed by atoms with Crippen LogP contribution in [0.3, 0.4) is 0 Å². The highest BCUT2D eigenvalue weighted by molar-refractivity contribution is 5.98. The quantitative estimate of drug-likeness (QED) is 0.357. The first-order valence-electron chi connectivity index (χ1n) is 14.5. The van der Waals surface area contributed by atoms with Gasteiger partial charge >= 0.3 is 5.97 Å². The maximum Gasteiger partial charge on any atom is 0.338 e. The lowest BCUT2D eigenvalue weighted by Crippen LogP contribution is -2.27. The lowest BCUT2D eigenvalue weighted by Gasteiger charge is -2.16. The summed E-state index contributed by atoms with van der Waals surface area (Å²) in [5, 5.41) is 4.62. The highest BCUT2D eigenvalue weighted by Crippen LogP contribution is 2.22. The molecule has 0 spiro atoms. The first kappa shape index (κ1) is 15.0. The van der Waals surface area contributed by atoms with Gasteiger partial charge in [0.1, 0.15) is 6.61 Å². The van der Waals surface area contributed by atoms with Crippen LogP contribution in [0.2, 0.25) is 0 Å². The van der Waals surface area contributed by atoms with Crippen molar-refractivity contribution in [3.05, 3.63) is 113 Å². The van der Waals surface area contributed by atoms with Gasteiger partial charge in [0.2, 0.25) is 5.91 Å². The molecule has 0 aliphatic carbocycles. The summed E-state index contributed by atoms with van der Waals surface area (Å²) in [5.41, 5.74) is 6.11. The van der Waals surface area contributed by atoms with E-state index in [1.54, 1.807) is 12.1 Å². The van der Waals surface area contributed by atoms with E-state index in [0.29, 0.717) is 16.8 Å². The number of hydrogen-bond donors (Lipinski definition) is 2. The second kappa shape index (κ2) is 10.3. The maximum atomic E-state index is 13.2. The van der Waals surface area contributed by atoms with Crippen molar-refractivity contribution in [1.29, 1.82) is 0 Å². The zero-order valence-corrected chi connectivity index (χ0v) is 18.2. The van der Waals surface area contributed by atoms with Crippen LogP contribution in [-0.4, -0.2) is 18.4 Å². The molecule has 0 aliphatic heterocycles. The van der Waals surface area contributed by atoms with E-state index < -0.39 is 43.6 Å². The van der Waals surface area contributed by atoms with Gasteiger partial charge in [-0.15, -0.1) is 0 Å². The minimum Gasteiger partial charge on any atom is -0.457 e. The number of aryl methyl sites for hydroxylation is 2. The summed E-state index contributed by atoms with van der Waals surface area (Å²) in [5.74, 6) is -2.96. The largest absolute Gasteiger partial charge is 0.457 e. The summed E-state index contributed by atoms with van der Waals surface area (Å²) < 4.78 is 67.2. The third-order valence-electron chi connectivity index (χ3n) is 5.37. The molecule has 0 radical (unpaired) electrons. The molecule has 0 saturated heterocycles. The van der Waals surface area contributed by atoms with Crippen LogP contribution in [0, 0.1) is 13.7 Å². The Morgan fingerprint density at radius 2 is 1.76 bits per heavy atom. The molecule has 0 bridgehead atoms. The summed E-state index contributed by atoms with van der Waals surface area (Å²) in [4.78, 5) is 25.9. The zero-order chi connectivity index (χ0) is 30.9. The standard InChI is InChI=1S/C29H28N2O3/c1-19-7-14-26(20(2)15-19)29(33)34-18-21-8-10-23(11-9-21)27(17-30)28(32)31-25-13-12-22-5-3-4-6-24(22)16-25/h3-16,27H,17-18,30H2,1-2H3,(H,31,32)/t27-/m1/s1/i1D3,2D3,17D2. The lowest BCUT2D eigenvalue weighted by molar-refractivity contribution is -0.117. The van der Waals surface area contributed by atoms with Gasteiger partial charge in [-0.05, 0) is 59.4 Å². The van der Waals surface area contributed by atoms with Gasteiger partial charge < -0.3 is 15.8 Å². The van der Waals surface area contributed by atoms with Gasteiger partial charge in [-0.2, -0.15) is 0 Å². The van der Waals surface area contributed by atoms with E-state index in [-0.39, 0.29) is 17.7 Å². The van der Waals surface area contributed by atoms with E-state index >= 15 is 0 Å². The fourth-order valence-corrected chi connectivity index (χ4v) is 3.56. The summed E-state index contributed by atoms with van der Waals surface area (Å²) in [6.07, 6.45) is 0. The monoisotopic (exact) mass is 460 g/mol. The predicted octanol–water partition coefficient (Wildman–Crippen LogP) is 5.49. The molecule has 0 unspecified atom stereocenters. The normalized spacial score (nSPS) is 16.4. The molecule has 0 heterocycles. The molecule has 1 amide bonds. The molecule has 5 nitrogen and oxygen atoms in total. The van der Waals surface area contributed by atoms with Crippen LogP contribution in [0.15, 0.2) is 84.9 Å². The number of benzene rings is 4. The molecule has 1 atom stereocenters. The third kappa shape index (κ3) is 5.33. The number of rotatable bonds is 7. The van der Waals surface area contributed by atoms with E-state index in [4.69, 9.17) is 21.4 Å². The summed E-state index contributed by atoms with van der Waals surface area (Å²) in [7, 11) is 0. The van der Waals surface area contributed by atoms with Crippen molar-refractivity contribution in [2.24, 2.45) is 5.73 Å². The minimum atomic E-state index is -2.75. The molecule has 0 aliphatic rings. The first-order chi connectivity index (χ1) is 19.5. The topological polar surface area (TPSA) is 81.4 Å². The van der Waals surface area contributed by atoms with Crippen LogP contribution in [0.5, 0.6) is 0 Å². The molecule has 3 N–H and O–H groups in total. The molecular formula is C29H28N2O3. The minimum absolute atomic E-state index is 0.209. The molecule has 0 aromatic heterocycles. The van der Waals surface area contributed by atoms with Gasteiger partial charge in [-0.25, -0.2) is 4.79 Å². The Morgan fingerprint density at radius 3 is 2.50 bits per heavy atom. The number of nitrogens with one attached hydrogen (secondary N) is 1. The van der Waals surface area contributed by atoms with Gasteiger partial charge in [0.25, 0.3) is 0 Å². The summed E-state index contributed by atoms with van der Waals surface area (Å²) >= 11 is 0. The Morgan fingerprint density at radius 1 is 0.971 bits per heavy atom. The SMILES string of the molecule is [2H]C([2H])([2H])c1ccc(C(=O)OCc2ccc([C@H](C(=O)Nc3ccc4ccccc4c3)C([2H])([2H])N)cc2)c(C([2H])([2H])[2H])c1. The average Bonchev–Trinajstić information content (AvgIpc) is 2.90. The number of anilines is 1. The van der Waals surface area contributed by atoms with Gasteiger partial charge in [0.05, 0.1) is 11.5 Å². The van der Waals surface area contributed by atoms with E-state index in [1.165, 1.54) is 24.3 Å². The van der Waals surface area contributed by atoms with Crippen molar-refractivity contribution >= 4 is 28.3 Å². The number of fused-ring (bicyclic) bond motifs is 1. The van der Waals surface area contributed by atoms with Crippen molar-refractivity contribution in [3.8, 4) is 0 Å². The summed E-state index contributed by atoms with van der Waals surface area (Å²) in [6, 6.07) is 22.3. The molecule has 4 aromatic carbocycles. The van der Waals surface area contributed by atoms with Gasteiger partial charge in [-0.3, -0.25) is 4.79 Å². The zero-order valence-electron chi connectivity index (χ0n) is 26.2. The van der Waals surface area contributed by atoms with E-state index in [0.717, 1.165) is 29.0 Å². The van der Waals surface area contributed by atoms with Crippen LogP contribution in [0.1, 0.15) is 49.5 Å². The Labute approximate surface area is 210 Å². The first-order valence-corrected chi connectivity index (χ1v) is 10.5. The second-order valence-electron chi connectivity index (χ2n) is 7.73. The third-order valence-corrected chi connectivity index (χ3v) is 5.37. The summed E-state index contributed by atoms with van der Waals surface area (Å²) in [6.45, 7) is -7.96. The molecule has 34 heavy (non-hydrogen) atoms. The van der Waals surface area contributed by atoms with Crippen molar-refractivity contribution in [3.63, 3.8) is 0 Å². The average molecular weight is 461 g/mol. The van der Waals surface area contributed by atoms with Crippen LogP contribution in [-0.2, 0) is 16.1 Å². The molecule has 4 rings (SSSR count). The highest BCUT2D eigenvalue weighted by Gasteiger charge is 2.19. The molecule has 172 valence electrons. The molecule has 5 heteroatoms. The Hall–Kier alpha value is -3.96. The van der Waals surface area contributed by atoms with E-state index in [1.807, 2.05) is 30.3 Å². The van der Waals surface area contributed by atoms with Gasteiger partial charge in [0, 0.05) is 23.2 Å². The number of carbonyl (C=O) groups excluding carboxylic acids is 2. The Bertz CT molecular complexity index is 1610. The number of ether oxygens (including phenoxy) is 1. The fourth-order valence-electron chi connectivity index (χ4n) is 3.56. The second-order valence-corrected chi connectivity index (χ2v) is 7.73. The highest BCUT2D eigenvalue weighted by atomic mass is 16.5. The number of amides is 1. The van der Waals surface area contributed by atoms with Crippen molar-refractivity contribution in [1.82, 2.24) is 0 Å². The lowest BCUT2D eigenvalue weighted by atomic mass is 9.97.